The molecule has 0 saturated heterocycles. The number of nitrogens with zero attached hydrogens (tertiary/aromatic N) is 1. The van der Waals surface area contributed by atoms with Gasteiger partial charge in [0.15, 0.2) is 5.76 Å². The van der Waals surface area contributed by atoms with E-state index in [0.29, 0.717) is 11.3 Å². The van der Waals surface area contributed by atoms with Gasteiger partial charge >= 0.3 is 0 Å². The first-order valence-corrected chi connectivity index (χ1v) is 9.61. The lowest BCUT2D eigenvalue weighted by Crippen LogP contribution is -2.30. The van der Waals surface area contributed by atoms with Gasteiger partial charge in [-0.25, -0.2) is 0 Å². The van der Waals surface area contributed by atoms with E-state index in [9.17, 15) is 19.7 Å². The second-order valence-electron chi connectivity index (χ2n) is 6.86. The maximum Gasteiger partial charge on any atom is 0.291 e. The van der Waals surface area contributed by atoms with Gasteiger partial charge in [-0.15, -0.1) is 0 Å². The number of carbonyl (C=O) groups excluding carboxylic acids is 2. The van der Waals surface area contributed by atoms with Crippen molar-refractivity contribution in [3.8, 4) is 0 Å². The minimum atomic E-state index is -0.625. The SMILES string of the molecule is O=C(Nc1ccc2ccccc2c1)/C(=C\c1cccc([N+](=O)[O-])c1)NC(=O)c1ccco1. The lowest BCUT2D eigenvalue weighted by Gasteiger charge is -2.11. The Hall–Kier alpha value is -4.72. The van der Waals surface area contributed by atoms with Crippen LogP contribution in [0, 0.1) is 10.1 Å². The van der Waals surface area contributed by atoms with Crippen molar-refractivity contribution in [3.63, 3.8) is 0 Å². The van der Waals surface area contributed by atoms with E-state index in [1.807, 2.05) is 36.4 Å². The highest BCUT2D eigenvalue weighted by Crippen LogP contribution is 2.20. The number of non-ortho nitro benzene ring substituents is 1. The number of furan rings is 1. The van der Waals surface area contributed by atoms with Crippen LogP contribution >= 0.6 is 0 Å². The zero-order chi connectivity index (χ0) is 22.5. The zero-order valence-corrected chi connectivity index (χ0v) is 16.6. The van der Waals surface area contributed by atoms with Crippen LogP contribution in [0.1, 0.15) is 16.1 Å². The third-order valence-corrected chi connectivity index (χ3v) is 4.64. The number of amides is 2. The minimum absolute atomic E-state index is 0.0217. The number of rotatable bonds is 6. The molecule has 8 nitrogen and oxygen atoms in total. The highest BCUT2D eigenvalue weighted by molar-refractivity contribution is 6.10. The molecule has 2 amide bonds. The van der Waals surface area contributed by atoms with Crippen molar-refractivity contribution in [3.05, 3.63) is 112 Å². The monoisotopic (exact) mass is 427 g/mol. The molecule has 0 aliphatic heterocycles. The molecule has 3 aromatic carbocycles. The van der Waals surface area contributed by atoms with Crippen molar-refractivity contribution in [1.29, 1.82) is 0 Å². The second kappa shape index (κ2) is 8.97. The molecule has 0 atom stereocenters. The molecule has 1 aromatic heterocycles. The second-order valence-corrected chi connectivity index (χ2v) is 6.86. The molecule has 32 heavy (non-hydrogen) atoms. The quantitative estimate of drug-likeness (QED) is 0.262. The van der Waals surface area contributed by atoms with Crippen molar-refractivity contribution in [1.82, 2.24) is 5.32 Å². The van der Waals surface area contributed by atoms with E-state index in [4.69, 9.17) is 4.42 Å². The molecular weight excluding hydrogens is 410 g/mol. The van der Waals surface area contributed by atoms with Gasteiger partial charge in [-0.1, -0.05) is 42.5 Å². The van der Waals surface area contributed by atoms with Gasteiger partial charge in [0.05, 0.1) is 11.2 Å². The summed E-state index contributed by atoms with van der Waals surface area (Å²) < 4.78 is 5.08. The molecule has 0 aliphatic rings. The Kier molecular flexibility index (Phi) is 5.76. The molecule has 0 fully saturated rings. The fraction of sp³-hybridized carbons (Fsp3) is 0. The highest BCUT2D eigenvalue weighted by atomic mass is 16.6. The van der Waals surface area contributed by atoms with Crippen molar-refractivity contribution in [2.75, 3.05) is 5.32 Å². The predicted octanol–water partition coefficient (Wildman–Crippen LogP) is 4.75. The van der Waals surface area contributed by atoms with Gasteiger partial charge in [0, 0.05) is 17.8 Å². The van der Waals surface area contributed by atoms with Crippen LogP contribution in [-0.4, -0.2) is 16.7 Å². The van der Waals surface area contributed by atoms with Crippen LogP contribution in [0.15, 0.2) is 95.2 Å². The number of nitrogens with one attached hydrogen (secondary N) is 2. The van der Waals surface area contributed by atoms with E-state index in [-0.39, 0.29) is 17.1 Å². The number of nitro benzene ring substituents is 1. The van der Waals surface area contributed by atoms with Gasteiger partial charge < -0.3 is 15.1 Å². The van der Waals surface area contributed by atoms with Crippen molar-refractivity contribution >= 4 is 40.0 Å². The maximum absolute atomic E-state index is 13.0. The smallest absolute Gasteiger partial charge is 0.291 e. The van der Waals surface area contributed by atoms with Crippen molar-refractivity contribution < 1.29 is 18.9 Å². The third kappa shape index (κ3) is 4.71. The fourth-order valence-corrected chi connectivity index (χ4v) is 3.11. The summed E-state index contributed by atoms with van der Waals surface area (Å²) in [6, 6.07) is 21.9. The van der Waals surface area contributed by atoms with Crippen molar-refractivity contribution in [2.45, 2.75) is 0 Å². The van der Waals surface area contributed by atoms with E-state index in [2.05, 4.69) is 10.6 Å². The van der Waals surface area contributed by atoms with Crippen LogP contribution in [0.4, 0.5) is 11.4 Å². The summed E-state index contributed by atoms with van der Waals surface area (Å²) >= 11 is 0. The predicted molar refractivity (Wildman–Crippen MR) is 120 cm³/mol. The number of carbonyl (C=O) groups is 2. The highest BCUT2D eigenvalue weighted by Gasteiger charge is 2.17. The number of nitro groups is 1. The van der Waals surface area contributed by atoms with Crippen molar-refractivity contribution in [2.24, 2.45) is 0 Å². The molecule has 4 aromatic rings. The summed E-state index contributed by atoms with van der Waals surface area (Å²) in [6.45, 7) is 0. The molecule has 158 valence electrons. The Morgan fingerprint density at radius 2 is 1.72 bits per heavy atom. The van der Waals surface area contributed by atoms with Crippen LogP contribution in [0.25, 0.3) is 16.8 Å². The average molecular weight is 427 g/mol. The Balaban J connectivity index is 1.65. The summed E-state index contributed by atoms with van der Waals surface area (Å²) in [7, 11) is 0. The third-order valence-electron chi connectivity index (χ3n) is 4.64. The Labute approximate surface area is 182 Å². The van der Waals surface area contributed by atoms with Crippen LogP contribution in [0.2, 0.25) is 0 Å². The molecule has 0 bridgehead atoms. The van der Waals surface area contributed by atoms with Gasteiger partial charge in [-0.3, -0.25) is 19.7 Å². The van der Waals surface area contributed by atoms with Gasteiger partial charge in [0.1, 0.15) is 5.70 Å². The average Bonchev–Trinajstić information content (AvgIpc) is 3.34. The molecule has 0 radical (unpaired) electrons. The van der Waals surface area contributed by atoms with Gasteiger partial charge in [-0.05, 0) is 46.7 Å². The standard InChI is InChI=1S/C24H17N3O5/c28-23(25-19-11-10-17-6-1-2-7-18(17)15-19)21(26-24(29)22-9-4-12-32-22)14-16-5-3-8-20(13-16)27(30)31/h1-15H,(H,25,28)(H,26,29)/b21-14+. The van der Waals surface area contributed by atoms with E-state index in [0.717, 1.165) is 10.8 Å². The van der Waals surface area contributed by atoms with Gasteiger partial charge in [0.25, 0.3) is 17.5 Å². The summed E-state index contributed by atoms with van der Waals surface area (Å²) in [5.41, 5.74) is 0.680. The van der Waals surface area contributed by atoms with E-state index in [1.54, 1.807) is 18.2 Å². The normalized spacial score (nSPS) is 11.2. The minimum Gasteiger partial charge on any atom is -0.459 e. The maximum atomic E-state index is 13.0. The lowest BCUT2D eigenvalue weighted by molar-refractivity contribution is -0.384. The number of hydrogen-bond acceptors (Lipinski definition) is 5. The topological polar surface area (TPSA) is 114 Å². The first-order chi connectivity index (χ1) is 15.5. The van der Waals surface area contributed by atoms with E-state index in [1.165, 1.54) is 36.6 Å². The Morgan fingerprint density at radius 3 is 2.47 bits per heavy atom. The number of hydrogen-bond donors (Lipinski definition) is 2. The lowest BCUT2D eigenvalue weighted by atomic mass is 10.1. The van der Waals surface area contributed by atoms with Gasteiger partial charge in [0.2, 0.25) is 0 Å². The first kappa shape index (κ1) is 20.5. The van der Waals surface area contributed by atoms with Crippen LogP contribution in [0.5, 0.6) is 0 Å². The Morgan fingerprint density at radius 1 is 0.906 bits per heavy atom. The van der Waals surface area contributed by atoms with Crippen LogP contribution in [-0.2, 0) is 4.79 Å². The summed E-state index contributed by atoms with van der Waals surface area (Å²) in [6.07, 6.45) is 2.71. The Bertz CT molecular complexity index is 1340. The molecule has 4 rings (SSSR count). The molecule has 1 heterocycles. The number of anilines is 1. The summed E-state index contributed by atoms with van der Waals surface area (Å²) in [5.74, 6) is -1.19. The molecule has 0 saturated carbocycles. The fourth-order valence-electron chi connectivity index (χ4n) is 3.11. The van der Waals surface area contributed by atoms with E-state index < -0.39 is 16.7 Å². The molecule has 0 aliphatic carbocycles. The molecule has 0 spiro atoms. The molecule has 0 unspecified atom stereocenters. The van der Waals surface area contributed by atoms with E-state index >= 15 is 0 Å². The van der Waals surface area contributed by atoms with Crippen LogP contribution in [0.3, 0.4) is 0 Å². The van der Waals surface area contributed by atoms with Crippen LogP contribution < -0.4 is 10.6 Å². The molecule has 8 heteroatoms. The number of benzene rings is 3. The number of fused-ring (bicyclic) bond motifs is 1. The molecule has 2 N–H and O–H groups in total. The largest absolute Gasteiger partial charge is 0.459 e. The zero-order valence-electron chi connectivity index (χ0n) is 16.6. The molecular formula is C24H17N3O5. The van der Waals surface area contributed by atoms with Gasteiger partial charge in [-0.2, -0.15) is 0 Å². The summed E-state index contributed by atoms with van der Waals surface area (Å²) in [4.78, 5) is 36.0. The summed E-state index contributed by atoms with van der Waals surface area (Å²) in [5, 5.41) is 18.3. The first-order valence-electron chi connectivity index (χ1n) is 9.61.